The van der Waals surface area contributed by atoms with E-state index in [0.29, 0.717) is 11.6 Å². The number of para-hydroxylation sites is 1. The Bertz CT molecular complexity index is 1350. The number of thioether (sulfide) groups is 1. The second-order valence-corrected chi connectivity index (χ2v) is 8.29. The fourth-order valence-electron chi connectivity index (χ4n) is 3.48. The van der Waals surface area contributed by atoms with E-state index in [1.807, 2.05) is 61.5 Å². The Kier molecular flexibility index (Phi) is 5.56. The highest BCUT2D eigenvalue weighted by atomic mass is 32.2. The molecule has 0 amide bonds. The number of aryl methyl sites for hydroxylation is 2. The lowest BCUT2D eigenvalue weighted by atomic mass is 10.2. The van der Waals surface area contributed by atoms with Crippen molar-refractivity contribution in [3.8, 4) is 28.5 Å². The fraction of sp³-hybridized carbons (Fsp3) is 0.120. The summed E-state index contributed by atoms with van der Waals surface area (Å²) in [6, 6.07) is 22.1. The van der Waals surface area contributed by atoms with Crippen LogP contribution in [0.2, 0.25) is 0 Å². The zero-order valence-electron chi connectivity index (χ0n) is 17.8. The number of oxazole rings is 1. The highest BCUT2D eigenvalue weighted by molar-refractivity contribution is 7.98. The maximum atomic E-state index is 5.92. The average Bonchev–Trinajstić information content (AvgIpc) is 3.42. The fourth-order valence-corrected chi connectivity index (χ4v) is 4.42. The molecular weight excluding hydrogens is 418 g/mol. The molecule has 0 radical (unpaired) electrons. The van der Waals surface area contributed by atoms with Gasteiger partial charge in [0.15, 0.2) is 11.0 Å². The molecule has 3 heterocycles. The van der Waals surface area contributed by atoms with Crippen molar-refractivity contribution in [1.82, 2.24) is 24.7 Å². The van der Waals surface area contributed by atoms with Crippen molar-refractivity contribution >= 4 is 11.8 Å². The average molecular weight is 440 g/mol. The summed E-state index contributed by atoms with van der Waals surface area (Å²) in [6.45, 7) is 4.03. The van der Waals surface area contributed by atoms with Crippen LogP contribution in [0.5, 0.6) is 0 Å². The lowest BCUT2D eigenvalue weighted by Crippen LogP contribution is -2.02. The Morgan fingerprint density at radius 1 is 0.875 bits per heavy atom. The molecule has 0 aliphatic rings. The quantitative estimate of drug-likeness (QED) is 0.307. The second-order valence-electron chi connectivity index (χ2n) is 7.35. The van der Waals surface area contributed by atoms with Crippen molar-refractivity contribution in [1.29, 1.82) is 0 Å². The molecule has 158 valence electrons. The normalized spacial score (nSPS) is 11.1. The molecule has 0 saturated carbocycles. The van der Waals surface area contributed by atoms with Gasteiger partial charge in [-0.3, -0.25) is 9.55 Å². The van der Waals surface area contributed by atoms with Crippen LogP contribution in [0.3, 0.4) is 0 Å². The van der Waals surface area contributed by atoms with E-state index in [2.05, 4.69) is 38.8 Å². The lowest BCUT2D eigenvalue weighted by Gasteiger charge is -2.12. The van der Waals surface area contributed by atoms with Gasteiger partial charge in [-0.25, -0.2) is 4.98 Å². The van der Waals surface area contributed by atoms with E-state index in [1.165, 1.54) is 0 Å². The van der Waals surface area contributed by atoms with E-state index in [-0.39, 0.29) is 0 Å². The Morgan fingerprint density at radius 2 is 1.66 bits per heavy atom. The zero-order chi connectivity index (χ0) is 21.9. The molecule has 32 heavy (non-hydrogen) atoms. The van der Waals surface area contributed by atoms with Crippen molar-refractivity contribution in [3.63, 3.8) is 0 Å². The highest BCUT2D eigenvalue weighted by Crippen LogP contribution is 2.32. The topological polar surface area (TPSA) is 69.6 Å². The van der Waals surface area contributed by atoms with Crippen molar-refractivity contribution in [3.05, 3.63) is 96.1 Å². The van der Waals surface area contributed by atoms with Crippen LogP contribution < -0.4 is 0 Å². The molecule has 0 bridgehead atoms. The van der Waals surface area contributed by atoms with E-state index in [4.69, 9.17) is 9.40 Å². The molecular formula is C25H21N5OS. The number of aromatic nitrogens is 5. The highest BCUT2D eigenvalue weighted by Gasteiger charge is 2.19. The minimum Gasteiger partial charge on any atom is -0.441 e. The van der Waals surface area contributed by atoms with Gasteiger partial charge in [0.2, 0.25) is 5.89 Å². The summed E-state index contributed by atoms with van der Waals surface area (Å²) in [5, 5.41) is 9.80. The minimum absolute atomic E-state index is 0.624. The first-order valence-corrected chi connectivity index (χ1v) is 11.3. The predicted molar refractivity (Wildman–Crippen MR) is 126 cm³/mol. The number of benzene rings is 2. The number of hydrogen-bond donors (Lipinski definition) is 0. The van der Waals surface area contributed by atoms with Crippen LogP contribution >= 0.6 is 11.8 Å². The molecule has 0 fully saturated rings. The second kappa shape index (κ2) is 8.80. The molecule has 0 N–H and O–H groups in total. The van der Waals surface area contributed by atoms with E-state index < -0.39 is 0 Å². The minimum atomic E-state index is 0.624. The van der Waals surface area contributed by atoms with Gasteiger partial charge in [-0.2, -0.15) is 0 Å². The molecule has 0 aliphatic heterocycles. The molecule has 0 aliphatic carbocycles. The molecule has 5 aromatic rings. The van der Waals surface area contributed by atoms with Gasteiger partial charge in [0.25, 0.3) is 0 Å². The number of nitrogens with zero attached hydrogens (tertiary/aromatic N) is 5. The van der Waals surface area contributed by atoms with Crippen molar-refractivity contribution in [2.45, 2.75) is 24.8 Å². The predicted octanol–water partition coefficient (Wildman–Crippen LogP) is 5.89. The zero-order valence-corrected chi connectivity index (χ0v) is 18.6. The van der Waals surface area contributed by atoms with E-state index in [9.17, 15) is 0 Å². The van der Waals surface area contributed by atoms with Gasteiger partial charge < -0.3 is 4.42 Å². The summed E-state index contributed by atoms with van der Waals surface area (Å²) < 4.78 is 8.01. The smallest absolute Gasteiger partial charge is 0.226 e. The van der Waals surface area contributed by atoms with Gasteiger partial charge in [0.1, 0.15) is 5.76 Å². The number of rotatable bonds is 6. The van der Waals surface area contributed by atoms with E-state index >= 15 is 0 Å². The third-order valence-electron chi connectivity index (χ3n) is 5.16. The maximum absolute atomic E-state index is 5.92. The standard InChI is InChI=1S/C25H21N5OS/c1-17-9-6-7-13-22(17)30-23(20-12-8-14-26-15-20)28-29-25(30)32-16-21-18(2)31-24(27-21)19-10-4-3-5-11-19/h3-15H,16H2,1-2H3. The van der Waals surface area contributed by atoms with Gasteiger partial charge in [-0.1, -0.05) is 48.2 Å². The van der Waals surface area contributed by atoms with Crippen molar-refractivity contribution in [2.24, 2.45) is 0 Å². The van der Waals surface area contributed by atoms with Crippen LogP contribution in [0.1, 0.15) is 17.0 Å². The summed E-state index contributed by atoms with van der Waals surface area (Å²) in [4.78, 5) is 8.98. The third-order valence-corrected chi connectivity index (χ3v) is 6.10. The van der Waals surface area contributed by atoms with Crippen LogP contribution in [0.4, 0.5) is 0 Å². The Morgan fingerprint density at radius 3 is 2.44 bits per heavy atom. The van der Waals surface area contributed by atoms with Gasteiger partial charge in [-0.05, 0) is 49.7 Å². The molecule has 0 spiro atoms. The first-order valence-electron chi connectivity index (χ1n) is 10.3. The Balaban J connectivity index is 1.49. The molecule has 2 aromatic carbocycles. The molecule has 0 atom stereocenters. The van der Waals surface area contributed by atoms with E-state index in [1.54, 1.807) is 24.2 Å². The van der Waals surface area contributed by atoms with Gasteiger partial charge >= 0.3 is 0 Å². The first-order chi connectivity index (χ1) is 15.7. The number of pyridine rings is 1. The van der Waals surface area contributed by atoms with E-state index in [0.717, 1.165) is 44.8 Å². The van der Waals surface area contributed by atoms with Crippen molar-refractivity contribution in [2.75, 3.05) is 0 Å². The Labute approximate surface area is 190 Å². The number of hydrogen-bond acceptors (Lipinski definition) is 6. The van der Waals surface area contributed by atoms with Gasteiger partial charge in [-0.15, -0.1) is 10.2 Å². The summed E-state index contributed by atoms with van der Waals surface area (Å²) in [5.74, 6) is 2.83. The molecule has 6 nitrogen and oxygen atoms in total. The molecule has 0 saturated heterocycles. The largest absolute Gasteiger partial charge is 0.441 e. The van der Waals surface area contributed by atoms with Crippen LogP contribution in [-0.2, 0) is 5.75 Å². The van der Waals surface area contributed by atoms with Crippen molar-refractivity contribution < 1.29 is 4.42 Å². The molecule has 0 unspecified atom stereocenters. The summed E-state index contributed by atoms with van der Waals surface area (Å²) in [7, 11) is 0. The maximum Gasteiger partial charge on any atom is 0.226 e. The SMILES string of the molecule is Cc1ccccc1-n1c(SCc2nc(-c3ccccc3)oc2C)nnc1-c1cccnc1. The molecule has 3 aromatic heterocycles. The Hall–Kier alpha value is -3.71. The lowest BCUT2D eigenvalue weighted by molar-refractivity contribution is 0.540. The van der Waals surface area contributed by atoms with Crippen LogP contribution in [0, 0.1) is 13.8 Å². The molecule has 5 rings (SSSR count). The third kappa shape index (κ3) is 3.94. The van der Waals surface area contributed by atoms with Crippen LogP contribution in [-0.4, -0.2) is 24.7 Å². The van der Waals surface area contributed by atoms with Crippen LogP contribution in [0.15, 0.2) is 88.7 Å². The van der Waals surface area contributed by atoms with Gasteiger partial charge in [0, 0.05) is 29.3 Å². The first kappa shape index (κ1) is 20.2. The van der Waals surface area contributed by atoms with Crippen LogP contribution in [0.25, 0.3) is 28.5 Å². The monoisotopic (exact) mass is 439 g/mol. The summed E-state index contributed by atoms with van der Waals surface area (Å²) in [6.07, 6.45) is 3.56. The summed E-state index contributed by atoms with van der Waals surface area (Å²) in [5.41, 5.74) is 4.97. The summed E-state index contributed by atoms with van der Waals surface area (Å²) >= 11 is 1.59. The molecule has 7 heteroatoms. The van der Waals surface area contributed by atoms with Gasteiger partial charge in [0.05, 0.1) is 11.4 Å².